The Bertz CT molecular complexity index is 843. The summed E-state index contributed by atoms with van der Waals surface area (Å²) < 4.78 is 0. The maximum atomic E-state index is 3.81. The first-order chi connectivity index (χ1) is 11.9. The van der Waals surface area contributed by atoms with Gasteiger partial charge in [-0.25, -0.2) is 0 Å². The standard InChI is InChI=1S/C18H16.C4H6N2/c1-3-7-15-13(5-1)9-11-18-16-8-4-2-6-14(16)10-12-17(15)18;1-2-6-4-3-5-1/h1,3,5-7,9-12,16H,2,4,8H2;1-3,6H,4H2. The lowest BCUT2D eigenvalue weighted by atomic mass is 9.76. The summed E-state index contributed by atoms with van der Waals surface area (Å²) in [5.74, 6) is 0.642. The molecule has 3 aliphatic rings. The van der Waals surface area contributed by atoms with Crippen LogP contribution in [0.5, 0.6) is 0 Å². The average molecular weight is 314 g/mol. The molecule has 120 valence electrons. The van der Waals surface area contributed by atoms with Crippen LogP contribution in [0.15, 0.2) is 71.5 Å². The molecule has 0 fully saturated rings. The molecular weight excluding hydrogens is 292 g/mol. The molecule has 0 bridgehead atoms. The van der Waals surface area contributed by atoms with Gasteiger partial charge < -0.3 is 5.32 Å². The Morgan fingerprint density at radius 3 is 2.79 bits per heavy atom. The van der Waals surface area contributed by atoms with Gasteiger partial charge in [0.2, 0.25) is 0 Å². The zero-order valence-electron chi connectivity index (χ0n) is 13.8. The molecule has 2 heteroatoms. The van der Waals surface area contributed by atoms with Crippen LogP contribution in [0.1, 0.15) is 36.3 Å². The second-order valence-corrected chi connectivity index (χ2v) is 6.37. The van der Waals surface area contributed by atoms with Gasteiger partial charge in [0.1, 0.15) is 0 Å². The zero-order valence-corrected chi connectivity index (χ0v) is 13.8. The fourth-order valence-corrected chi connectivity index (χ4v) is 3.73. The SMILES string of the molecule is C1=CNCC=N1.C1=Cc2c(ccc3ccccc23)C2CCCC=C12. The fraction of sp³-hybridized carbons (Fsp3) is 0.227. The molecule has 1 unspecified atom stereocenters. The first-order valence-corrected chi connectivity index (χ1v) is 8.73. The third-order valence-electron chi connectivity index (χ3n) is 4.89. The Morgan fingerprint density at radius 2 is 2.00 bits per heavy atom. The summed E-state index contributed by atoms with van der Waals surface area (Å²) >= 11 is 0. The van der Waals surface area contributed by atoms with Crippen LogP contribution in [-0.4, -0.2) is 12.8 Å². The van der Waals surface area contributed by atoms with Gasteiger partial charge >= 0.3 is 0 Å². The van der Waals surface area contributed by atoms with E-state index >= 15 is 0 Å². The fourth-order valence-electron chi connectivity index (χ4n) is 3.73. The first-order valence-electron chi connectivity index (χ1n) is 8.73. The van der Waals surface area contributed by atoms with Gasteiger partial charge in [0.15, 0.2) is 0 Å². The largest absolute Gasteiger partial charge is 0.385 e. The van der Waals surface area contributed by atoms with Gasteiger partial charge in [-0.05, 0) is 46.7 Å². The summed E-state index contributed by atoms with van der Waals surface area (Å²) in [6.45, 7) is 0.872. The summed E-state index contributed by atoms with van der Waals surface area (Å²) in [5.41, 5.74) is 4.50. The average Bonchev–Trinajstić information content (AvgIpc) is 2.69. The van der Waals surface area contributed by atoms with Gasteiger partial charge in [0, 0.05) is 31.1 Å². The van der Waals surface area contributed by atoms with Crippen molar-refractivity contribution >= 4 is 23.1 Å². The lowest BCUT2D eigenvalue weighted by molar-refractivity contribution is 0.632. The van der Waals surface area contributed by atoms with Crippen LogP contribution in [-0.2, 0) is 0 Å². The highest BCUT2D eigenvalue weighted by Crippen LogP contribution is 2.42. The Morgan fingerprint density at radius 1 is 1.04 bits per heavy atom. The number of nitrogens with one attached hydrogen (secondary N) is 1. The van der Waals surface area contributed by atoms with Gasteiger partial charge in [-0.1, -0.05) is 54.6 Å². The Labute approximate surface area is 143 Å². The molecule has 1 atom stereocenters. The van der Waals surface area contributed by atoms with Crippen LogP contribution in [0.25, 0.3) is 16.8 Å². The summed E-state index contributed by atoms with van der Waals surface area (Å²) in [7, 11) is 0. The van der Waals surface area contributed by atoms with E-state index < -0.39 is 0 Å². The predicted molar refractivity (Wildman–Crippen MR) is 103 cm³/mol. The topological polar surface area (TPSA) is 24.4 Å². The Balaban J connectivity index is 0.000000207. The molecule has 0 saturated carbocycles. The van der Waals surface area contributed by atoms with Crippen LogP contribution >= 0.6 is 0 Å². The molecule has 0 saturated heterocycles. The minimum Gasteiger partial charge on any atom is -0.385 e. The number of aliphatic imine (C=N–C) groups is 1. The summed E-state index contributed by atoms with van der Waals surface area (Å²) in [6, 6.07) is 13.3. The van der Waals surface area contributed by atoms with Gasteiger partial charge in [-0.2, -0.15) is 0 Å². The molecule has 2 aromatic carbocycles. The maximum absolute atomic E-state index is 3.81. The minimum absolute atomic E-state index is 0.642. The van der Waals surface area contributed by atoms with Crippen molar-refractivity contribution in [2.24, 2.45) is 4.99 Å². The third-order valence-corrected chi connectivity index (χ3v) is 4.89. The van der Waals surface area contributed by atoms with E-state index in [1.807, 2.05) is 12.4 Å². The number of nitrogens with zero attached hydrogens (tertiary/aromatic N) is 1. The first kappa shape index (κ1) is 14.9. The monoisotopic (exact) mass is 314 g/mol. The van der Waals surface area contributed by atoms with E-state index in [9.17, 15) is 0 Å². The van der Waals surface area contributed by atoms with Crippen LogP contribution in [0.3, 0.4) is 0 Å². The van der Waals surface area contributed by atoms with Crippen molar-refractivity contribution in [1.29, 1.82) is 0 Å². The van der Waals surface area contributed by atoms with E-state index in [1.165, 1.54) is 46.7 Å². The molecule has 0 amide bonds. The number of rotatable bonds is 0. The van der Waals surface area contributed by atoms with Crippen LogP contribution in [0, 0.1) is 0 Å². The smallest absolute Gasteiger partial charge is 0.0498 e. The summed E-state index contributed by atoms with van der Waals surface area (Å²) in [6.07, 6.45) is 16.3. The lowest BCUT2D eigenvalue weighted by Crippen LogP contribution is -2.10. The summed E-state index contributed by atoms with van der Waals surface area (Å²) in [4.78, 5) is 3.81. The van der Waals surface area contributed by atoms with Crippen molar-refractivity contribution in [1.82, 2.24) is 5.32 Å². The van der Waals surface area contributed by atoms with Crippen molar-refractivity contribution in [3.8, 4) is 0 Å². The van der Waals surface area contributed by atoms with E-state index in [4.69, 9.17) is 0 Å². The van der Waals surface area contributed by atoms with Gasteiger partial charge in [-0.3, -0.25) is 4.99 Å². The van der Waals surface area contributed by atoms with Gasteiger partial charge in [0.25, 0.3) is 0 Å². The maximum Gasteiger partial charge on any atom is 0.0498 e. The highest BCUT2D eigenvalue weighted by atomic mass is 14.9. The number of fused-ring (bicyclic) bond motifs is 5. The molecule has 1 heterocycles. The predicted octanol–water partition coefficient (Wildman–Crippen LogP) is 5.19. The second-order valence-electron chi connectivity index (χ2n) is 6.37. The highest BCUT2D eigenvalue weighted by Gasteiger charge is 2.23. The highest BCUT2D eigenvalue weighted by molar-refractivity contribution is 5.93. The van der Waals surface area contributed by atoms with E-state index in [0.717, 1.165) is 6.54 Å². The van der Waals surface area contributed by atoms with Crippen LogP contribution in [0.4, 0.5) is 0 Å². The lowest BCUT2D eigenvalue weighted by Gasteiger charge is -2.28. The molecule has 5 rings (SSSR count). The zero-order chi connectivity index (χ0) is 16.2. The molecule has 1 aliphatic heterocycles. The second kappa shape index (κ2) is 6.88. The van der Waals surface area contributed by atoms with Crippen molar-refractivity contribution < 1.29 is 0 Å². The van der Waals surface area contributed by atoms with Crippen molar-refractivity contribution in [3.05, 3.63) is 77.7 Å². The van der Waals surface area contributed by atoms with Crippen LogP contribution < -0.4 is 5.32 Å². The molecular formula is C22H22N2. The van der Waals surface area contributed by atoms with E-state index in [-0.39, 0.29) is 0 Å². The minimum atomic E-state index is 0.642. The Kier molecular flexibility index (Phi) is 4.28. The van der Waals surface area contributed by atoms with Crippen molar-refractivity contribution in [2.75, 3.05) is 6.54 Å². The van der Waals surface area contributed by atoms with E-state index in [0.29, 0.717) is 5.92 Å². The molecule has 0 radical (unpaired) electrons. The van der Waals surface area contributed by atoms with Crippen molar-refractivity contribution in [3.63, 3.8) is 0 Å². The number of benzene rings is 2. The number of hydrogen-bond donors (Lipinski definition) is 1. The van der Waals surface area contributed by atoms with Crippen molar-refractivity contribution in [2.45, 2.75) is 25.2 Å². The molecule has 0 aromatic heterocycles. The van der Waals surface area contributed by atoms with Gasteiger partial charge in [0.05, 0.1) is 0 Å². The van der Waals surface area contributed by atoms with E-state index in [1.54, 1.807) is 6.20 Å². The number of allylic oxidation sites excluding steroid dienone is 3. The summed E-state index contributed by atoms with van der Waals surface area (Å²) in [5, 5.41) is 5.70. The quantitative estimate of drug-likeness (QED) is 0.711. The normalized spacial score (nSPS) is 20.3. The molecule has 1 N–H and O–H groups in total. The number of hydrogen-bond acceptors (Lipinski definition) is 2. The Hall–Kier alpha value is -2.61. The molecule has 0 spiro atoms. The molecule has 2 aromatic rings. The van der Waals surface area contributed by atoms with Gasteiger partial charge in [-0.15, -0.1) is 0 Å². The molecule has 2 nitrogen and oxygen atoms in total. The van der Waals surface area contributed by atoms with E-state index in [2.05, 4.69) is 64.9 Å². The third kappa shape index (κ3) is 2.92. The molecule has 2 aliphatic carbocycles. The molecule has 24 heavy (non-hydrogen) atoms. The van der Waals surface area contributed by atoms with Crippen LogP contribution in [0.2, 0.25) is 0 Å².